The van der Waals surface area contributed by atoms with Gasteiger partial charge in [-0.15, -0.1) is 0 Å². The van der Waals surface area contributed by atoms with E-state index in [0.29, 0.717) is 10.6 Å². The van der Waals surface area contributed by atoms with Gasteiger partial charge in [-0.2, -0.15) is 0 Å². The van der Waals surface area contributed by atoms with Crippen molar-refractivity contribution in [2.24, 2.45) is 0 Å². The van der Waals surface area contributed by atoms with Crippen molar-refractivity contribution in [3.05, 3.63) is 22.3 Å². The monoisotopic (exact) mass is 382 g/mol. The van der Waals surface area contributed by atoms with E-state index in [1.165, 1.54) is 6.20 Å². The first kappa shape index (κ1) is 14.4. The third-order valence-corrected chi connectivity index (χ3v) is 2.78. The number of hydrogen-bond donors (Lipinski definition) is 1. The summed E-state index contributed by atoms with van der Waals surface area (Å²) in [5, 5.41) is 11.1. The van der Waals surface area contributed by atoms with Gasteiger partial charge in [0, 0.05) is 0 Å². The Kier molecular flexibility index (Phi) is 5.87. The molecule has 89 valence electrons. The predicted molar refractivity (Wildman–Crippen MR) is 70.1 cm³/mol. The Labute approximate surface area is 121 Å². The van der Waals surface area contributed by atoms with E-state index >= 15 is 0 Å². The van der Waals surface area contributed by atoms with Crippen LogP contribution in [-0.4, -0.2) is 27.4 Å². The molecule has 1 rings (SSSR count). The molecule has 0 spiro atoms. The van der Waals surface area contributed by atoms with Crippen LogP contribution in [0.3, 0.4) is 0 Å². The van der Waals surface area contributed by atoms with Gasteiger partial charge in [0.15, 0.2) is 0 Å². The van der Waals surface area contributed by atoms with Gasteiger partial charge in [0.25, 0.3) is 0 Å². The minimum absolute atomic E-state index is 0.0782. The van der Waals surface area contributed by atoms with Gasteiger partial charge in [0.2, 0.25) is 0 Å². The van der Waals surface area contributed by atoms with Gasteiger partial charge in [0.05, 0.1) is 0 Å². The maximum absolute atomic E-state index is 11.6. The van der Waals surface area contributed by atoms with Gasteiger partial charge < -0.3 is 0 Å². The third-order valence-electron chi connectivity index (χ3n) is 1.96. The number of rotatable bonds is 3. The van der Waals surface area contributed by atoms with Crippen LogP contribution in [0.25, 0.3) is 10.2 Å². The zero-order valence-corrected chi connectivity index (χ0v) is 12.6. The summed E-state index contributed by atoms with van der Waals surface area (Å²) in [6.07, 6.45) is 3.00. The Morgan fingerprint density at radius 1 is 1.71 bits per heavy atom. The van der Waals surface area contributed by atoms with Crippen molar-refractivity contribution in [2.45, 2.75) is 6.92 Å². The van der Waals surface area contributed by atoms with Crippen LogP contribution < -0.4 is 10.6 Å². The molecule has 0 aliphatic heterocycles. The third kappa shape index (κ3) is 3.40. The SMILES string of the molecule is CCOC(=O)c1cnc(=CI)c(=C[CH]=[V])c1O. The van der Waals surface area contributed by atoms with E-state index < -0.39 is 5.97 Å². The second-order valence-corrected chi connectivity index (χ2v) is 4.05. The van der Waals surface area contributed by atoms with Crippen LogP contribution in [0.4, 0.5) is 0 Å². The molecule has 0 aromatic carbocycles. The average Bonchev–Trinajstić information content (AvgIpc) is 2.32. The number of aromatic nitrogens is 1. The van der Waals surface area contributed by atoms with Gasteiger partial charge in [-0.1, -0.05) is 0 Å². The van der Waals surface area contributed by atoms with E-state index in [1.807, 2.05) is 22.6 Å². The molecule has 0 fully saturated rings. The molecule has 0 saturated heterocycles. The summed E-state index contributed by atoms with van der Waals surface area (Å²) in [4.78, 5) is 15.7. The Morgan fingerprint density at radius 2 is 2.41 bits per heavy atom. The van der Waals surface area contributed by atoms with Crippen molar-refractivity contribution in [3.8, 4) is 5.75 Å². The minimum atomic E-state index is -0.572. The van der Waals surface area contributed by atoms with E-state index in [-0.39, 0.29) is 17.9 Å². The molecule has 0 saturated carbocycles. The Morgan fingerprint density at radius 3 is 2.94 bits per heavy atom. The fourth-order valence-electron chi connectivity index (χ4n) is 1.22. The number of esters is 1. The Bertz CT molecular complexity index is 557. The fraction of sp³-hybridized carbons (Fsp3) is 0.182. The number of hydrogen-bond acceptors (Lipinski definition) is 4. The fourth-order valence-corrected chi connectivity index (χ4v) is 1.94. The topological polar surface area (TPSA) is 59.4 Å². The van der Waals surface area contributed by atoms with Crippen LogP contribution >= 0.6 is 22.6 Å². The molecule has 0 amide bonds. The molecule has 0 atom stereocenters. The molecule has 1 N–H and O–H groups in total. The van der Waals surface area contributed by atoms with Gasteiger partial charge in [-0.3, -0.25) is 0 Å². The molecule has 17 heavy (non-hydrogen) atoms. The Balaban J connectivity index is 3.50. The summed E-state index contributed by atoms with van der Waals surface area (Å²) in [6, 6.07) is 0. The normalized spacial score (nSPS) is 12.5. The first-order chi connectivity index (χ1) is 8.15. The van der Waals surface area contributed by atoms with E-state index in [4.69, 9.17) is 4.74 Å². The number of carbonyl (C=O) groups excluding carboxylic acids is 1. The standard InChI is InChI=1S/C11H10INO3.V/c1-3-7-9(5-12)13-6-8(10(7)14)11(15)16-4-2;/h1,3,5-6,14H,4H2,2H3;. The second-order valence-electron chi connectivity index (χ2n) is 2.96. The molecule has 0 bridgehead atoms. The molecule has 4 nitrogen and oxygen atoms in total. The van der Waals surface area contributed by atoms with Crippen molar-refractivity contribution in [1.29, 1.82) is 0 Å². The number of carbonyl (C=O) groups is 1. The van der Waals surface area contributed by atoms with Crippen LogP contribution in [-0.2, 0) is 21.7 Å². The first-order valence-corrected chi connectivity index (χ1v) is 6.84. The number of aromatic hydroxyl groups is 1. The summed E-state index contributed by atoms with van der Waals surface area (Å²) < 4.78 is 8.28. The van der Waals surface area contributed by atoms with Gasteiger partial charge >= 0.3 is 122 Å². The molecule has 0 unspecified atom stereocenters. The summed E-state index contributed by atoms with van der Waals surface area (Å²) in [5.41, 5.74) is 0.0782. The number of ether oxygens (including phenoxy) is 1. The quantitative estimate of drug-likeness (QED) is 0.603. The van der Waals surface area contributed by atoms with Crippen molar-refractivity contribution in [3.63, 3.8) is 0 Å². The summed E-state index contributed by atoms with van der Waals surface area (Å²) in [5.74, 6) is -0.679. The summed E-state index contributed by atoms with van der Waals surface area (Å²) in [7, 11) is 0. The predicted octanol–water partition coefficient (Wildman–Crippen LogP) is 0.266. The van der Waals surface area contributed by atoms with Crippen molar-refractivity contribution >= 4 is 43.4 Å². The molecule has 6 heteroatoms. The molecule has 0 aliphatic rings. The summed E-state index contributed by atoms with van der Waals surface area (Å²) in [6.45, 7) is 1.97. The van der Waals surface area contributed by atoms with Gasteiger partial charge in [0.1, 0.15) is 0 Å². The van der Waals surface area contributed by atoms with Crippen LogP contribution in [0.1, 0.15) is 17.3 Å². The molecule has 1 aromatic rings. The Hall–Kier alpha value is -0.656. The molecular formula is C11H10INO3V. The summed E-state index contributed by atoms with van der Waals surface area (Å²) >= 11 is 4.29. The van der Waals surface area contributed by atoms with Crippen molar-refractivity contribution in [2.75, 3.05) is 6.61 Å². The molecule has 1 aromatic heterocycles. The number of halogens is 1. The van der Waals surface area contributed by atoms with Gasteiger partial charge in [-0.05, 0) is 0 Å². The number of nitrogens with zero attached hydrogens (tertiary/aromatic N) is 1. The zero-order valence-electron chi connectivity index (χ0n) is 9.05. The second kappa shape index (κ2) is 6.93. The van der Waals surface area contributed by atoms with Gasteiger partial charge in [-0.25, -0.2) is 0 Å². The van der Waals surface area contributed by atoms with Crippen molar-refractivity contribution in [1.82, 2.24) is 4.98 Å². The molecular weight excluding hydrogens is 372 g/mol. The van der Waals surface area contributed by atoms with E-state index in [1.54, 1.807) is 21.8 Å². The van der Waals surface area contributed by atoms with Crippen molar-refractivity contribution < 1.29 is 31.6 Å². The van der Waals surface area contributed by atoms with E-state index in [0.717, 1.165) is 0 Å². The van der Waals surface area contributed by atoms with E-state index in [2.05, 4.69) is 22.0 Å². The van der Waals surface area contributed by atoms with E-state index in [9.17, 15) is 9.90 Å². The van der Waals surface area contributed by atoms with Crippen LogP contribution in [0.5, 0.6) is 5.75 Å². The molecule has 0 aliphatic carbocycles. The maximum atomic E-state index is 11.6. The molecule has 0 radical (unpaired) electrons. The average molecular weight is 382 g/mol. The number of pyridine rings is 1. The van der Waals surface area contributed by atoms with Crippen LogP contribution in [0.2, 0.25) is 0 Å². The van der Waals surface area contributed by atoms with Crippen LogP contribution in [0, 0.1) is 0 Å². The molecule has 1 heterocycles. The van der Waals surface area contributed by atoms with Crippen LogP contribution in [0.15, 0.2) is 6.20 Å². The zero-order chi connectivity index (χ0) is 12.8. The first-order valence-electron chi connectivity index (χ1n) is 4.79.